The van der Waals surface area contributed by atoms with E-state index in [1.165, 1.54) is 13.2 Å². The number of hydrogen-bond acceptors (Lipinski definition) is 6. The summed E-state index contributed by atoms with van der Waals surface area (Å²) in [6.45, 7) is 1.52. The van der Waals surface area contributed by atoms with Gasteiger partial charge in [-0.05, 0) is 0 Å². The minimum atomic E-state index is -0.724. The molecule has 0 aliphatic carbocycles. The number of benzene rings is 1. The number of β-amino-alcohol motifs (C(OH)–C–C–N with tert-alkyl or cyclic N) is 1. The van der Waals surface area contributed by atoms with Gasteiger partial charge in [0.05, 0.1) is 29.9 Å². The number of hydrogen-bond donors (Lipinski definition) is 3. The number of aliphatic hydroxyl groups is 1. The minimum absolute atomic E-state index is 0.0102. The molecule has 1 aliphatic heterocycles. The number of rotatable bonds is 5. The second kappa shape index (κ2) is 6.02. The molecule has 0 saturated carbocycles. The van der Waals surface area contributed by atoms with Gasteiger partial charge in [-0.25, -0.2) is 4.39 Å². The van der Waals surface area contributed by atoms with Gasteiger partial charge in [-0.1, -0.05) is 0 Å². The van der Waals surface area contributed by atoms with Gasteiger partial charge in [-0.2, -0.15) is 0 Å². The predicted molar refractivity (Wildman–Crippen MR) is 70.5 cm³/mol. The van der Waals surface area contributed by atoms with E-state index in [0.717, 1.165) is 6.07 Å². The van der Waals surface area contributed by atoms with Crippen LogP contribution < -0.4 is 15.4 Å². The van der Waals surface area contributed by atoms with Gasteiger partial charge in [0.1, 0.15) is 0 Å². The summed E-state index contributed by atoms with van der Waals surface area (Å²) in [6.07, 6.45) is -0.481. The number of nitrogens with zero attached hydrogens (tertiary/aromatic N) is 1. The molecule has 2 unspecified atom stereocenters. The van der Waals surface area contributed by atoms with Gasteiger partial charge in [0.2, 0.25) is 0 Å². The zero-order valence-corrected chi connectivity index (χ0v) is 10.9. The Bertz CT molecular complexity index is 512. The van der Waals surface area contributed by atoms with Crippen molar-refractivity contribution in [2.24, 2.45) is 5.92 Å². The number of methoxy groups -OCH3 is 1. The van der Waals surface area contributed by atoms with Crippen LogP contribution in [0.3, 0.4) is 0 Å². The third-order valence-corrected chi connectivity index (χ3v) is 3.32. The summed E-state index contributed by atoms with van der Waals surface area (Å²) in [4.78, 5) is 10.1. The van der Waals surface area contributed by atoms with Crippen molar-refractivity contribution in [1.29, 1.82) is 0 Å². The minimum Gasteiger partial charge on any atom is -0.490 e. The normalized spacial score (nSPS) is 21.8. The molecule has 8 heteroatoms. The molecular weight excluding hydrogens is 269 g/mol. The summed E-state index contributed by atoms with van der Waals surface area (Å²) in [5.74, 6) is -0.766. The Labute approximate surface area is 114 Å². The number of aliphatic hydroxyl groups excluding tert-OH is 1. The summed E-state index contributed by atoms with van der Waals surface area (Å²) in [7, 11) is 1.29. The van der Waals surface area contributed by atoms with Crippen LogP contribution in [0, 0.1) is 21.8 Å². The Morgan fingerprint density at radius 3 is 2.90 bits per heavy atom. The van der Waals surface area contributed by atoms with E-state index in [-0.39, 0.29) is 17.4 Å². The van der Waals surface area contributed by atoms with Crippen molar-refractivity contribution >= 4 is 11.4 Å². The maximum absolute atomic E-state index is 13.8. The molecule has 0 aromatic heterocycles. The van der Waals surface area contributed by atoms with Crippen LogP contribution in [0.5, 0.6) is 5.75 Å². The lowest BCUT2D eigenvalue weighted by Gasteiger charge is -2.16. The fraction of sp³-hybridized carbons (Fsp3) is 0.500. The molecule has 1 aliphatic rings. The van der Waals surface area contributed by atoms with E-state index >= 15 is 0 Å². The lowest BCUT2D eigenvalue weighted by Crippen LogP contribution is -2.25. The largest absolute Gasteiger partial charge is 0.490 e. The first-order chi connectivity index (χ1) is 9.52. The van der Waals surface area contributed by atoms with Crippen LogP contribution in [0.25, 0.3) is 0 Å². The van der Waals surface area contributed by atoms with Crippen molar-refractivity contribution in [2.45, 2.75) is 6.10 Å². The third-order valence-electron chi connectivity index (χ3n) is 3.32. The lowest BCUT2D eigenvalue weighted by molar-refractivity contribution is -0.385. The van der Waals surface area contributed by atoms with Gasteiger partial charge in [-0.3, -0.25) is 10.1 Å². The van der Waals surface area contributed by atoms with Crippen LogP contribution in [-0.2, 0) is 0 Å². The Kier molecular flexibility index (Phi) is 4.35. The Balaban J connectivity index is 2.13. The van der Waals surface area contributed by atoms with E-state index in [1.54, 1.807) is 0 Å². The molecule has 1 heterocycles. The van der Waals surface area contributed by atoms with Crippen LogP contribution in [0.15, 0.2) is 12.1 Å². The number of nitro benzene ring substituents is 1. The van der Waals surface area contributed by atoms with Crippen LogP contribution in [0.4, 0.5) is 15.8 Å². The molecule has 3 N–H and O–H groups in total. The first-order valence-corrected chi connectivity index (χ1v) is 6.17. The van der Waals surface area contributed by atoms with Crippen LogP contribution in [-0.4, -0.2) is 42.9 Å². The van der Waals surface area contributed by atoms with E-state index < -0.39 is 22.5 Å². The Hall–Kier alpha value is -1.93. The van der Waals surface area contributed by atoms with Crippen molar-refractivity contribution in [1.82, 2.24) is 5.32 Å². The smallest absolute Gasteiger partial charge is 0.313 e. The van der Waals surface area contributed by atoms with Gasteiger partial charge in [0.25, 0.3) is 0 Å². The molecule has 0 spiro atoms. The number of nitrogens with one attached hydrogen (secondary N) is 2. The van der Waals surface area contributed by atoms with Crippen molar-refractivity contribution < 1.29 is 19.2 Å². The topological polar surface area (TPSA) is 96.7 Å². The molecule has 0 bridgehead atoms. The summed E-state index contributed by atoms with van der Waals surface area (Å²) in [5.41, 5.74) is -0.301. The second-order valence-electron chi connectivity index (χ2n) is 4.63. The van der Waals surface area contributed by atoms with Gasteiger partial charge < -0.3 is 20.5 Å². The number of nitro groups is 1. The molecule has 20 heavy (non-hydrogen) atoms. The molecule has 0 radical (unpaired) electrons. The second-order valence-corrected chi connectivity index (χ2v) is 4.63. The molecule has 1 fully saturated rings. The number of anilines is 1. The van der Waals surface area contributed by atoms with E-state index in [9.17, 15) is 19.6 Å². The molecular formula is C12H16FN3O4. The molecule has 7 nitrogen and oxygen atoms in total. The molecule has 1 saturated heterocycles. The van der Waals surface area contributed by atoms with Gasteiger partial charge in [0, 0.05) is 31.6 Å². The predicted octanol–water partition coefficient (Wildman–Crippen LogP) is 0.735. The first-order valence-electron chi connectivity index (χ1n) is 6.17. The zero-order chi connectivity index (χ0) is 14.7. The maximum Gasteiger partial charge on any atom is 0.313 e. The molecule has 2 rings (SSSR count). The van der Waals surface area contributed by atoms with E-state index in [2.05, 4.69) is 10.6 Å². The highest BCUT2D eigenvalue weighted by molar-refractivity contribution is 5.59. The van der Waals surface area contributed by atoms with Crippen LogP contribution >= 0.6 is 0 Å². The highest BCUT2D eigenvalue weighted by Crippen LogP contribution is 2.32. The fourth-order valence-corrected chi connectivity index (χ4v) is 2.15. The van der Waals surface area contributed by atoms with Crippen LogP contribution in [0.2, 0.25) is 0 Å². The SMILES string of the molecule is COc1cc(NCC2CNCC2O)c(F)cc1[N+](=O)[O-]. The third kappa shape index (κ3) is 2.97. The molecule has 1 aromatic rings. The monoisotopic (exact) mass is 285 g/mol. The van der Waals surface area contributed by atoms with Crippen LogP contribution in [0.1, 0.15) is 0 Å². The molecule has 110 valence electrons. The highest BCUT2D eigenvalue weighted by atomic mass is 19.1. The highest BCUT2D eigenvalue weighted by Gasteiger charge is 2.25. The van der Waals surface area contributed by atoms with Crippen molar-refractivity contribution in [3.8, 4) is 5.75 Å². The van der Waals surface area contributed by atoms with E-state index in [0.29, 0.717) is 19.6 Å². The summed E-state index contributed by atoms with van der Waals surface area (Å²) < 4.78 is 18.7. The van der Waals surface area contributed by atoms with Gasteiger partial charge in [0.15, 0.2) is 11.6 Å². The number of halogens is 1. The maximum atomic E-state index is 13.8. The van der Waals surface area contributed by atoms with Crippen molar-refractivity contribution in [3.05, 3.63) is 28.1 Å². The molecule has 1 aromatic carbocycles. The average molecular weight is 285 g/mol. The lowest BCUT2D eigenvalue weighted by atomic mass is 10.1. The van der Waals surface area contributed by atoms with Crippen molar-refractivity contribution in [3.63, 3.8) is 0 Å². The number of ether oxygens (including phenoxy) is 1. The molecule has 2 atom stereocenters. The summed E-state index contributed by atoms with van der Waals surface area (Å²) >= 11 is 0. The van der Waals surface area contributed by atoms with Gasteiger partial charge >= 0.3 is 5.69 Å². The summed E-state index contributed by atoms with van der Waals surface area (Å²) in [5, 5.41) is 26.3. The molecule has 0 amide bonds. The van der Waals surface area contributed by atoms with Gasteiger partial charge in [-0.15, -0.1) is 0 Å². The Morgan fingerprint density at radius 1 is 1.60 bits per heavy atom. The summed E-state index contributed by atoms with van der Waals surface area (Å²) in [6, 6.07) is 2.08. The zero-order valence-electron chi connectivity index (χ0n) is 10.9. The van der Waals surface area contributed by atoms with E-state index in [4.69, 9.17) is 4.74 Å². The Morgan fingerprint density at radius 2 is 2.35 bits per heavy atom. The first kappa shape index (κ1) is 14.5. The van der Waals surface area contributed by atoms with Crippen molar-refractivity contribution in [2.75, 3.05) is 32.1 Å². The quantitative estimate of drug-likeness (QED) is 0.545. The average Bonchev–Trinajstić information content (AvgIpc) is 2.82. The van der Waals surface area contributed by atoms with E-state index in [1.807, 2.05) is 0 Å². The fourth-order valence-electron chi connectivity index (χ4n) is 2.15. The standard InChI is InChI=1S/C12H16FN3O4/c1-20-12-3-9(8(13)2-10(12)16(18)19)15-5-7-4-14-6-11(7)17/h2-3,7,11,14-15,17H,4-6H2,1H3.